The number of H-pyrrole nitrogens is 1. The first kappa shape index (κ1) is 24.4. The Labute approximate surface area is 214 Å². The number of hydrogen-bond acceptors (Lipinski definition) is 5. The number of hydrogen-bond donors (Lipinski definition) is 3. The van der Waals surface area contributed by atoms with Gasteiger partial charge in [0.25, 0.3) is 5.56 Å². The molecule has 37 heavy (non-hydrogen) atoms. The third-order valence-corrected chi connectivity index (χ3v) is 6.82. The van der Waals surface area contributed by atoms with Crippen molar-refractivity contribution in [3.63, 3.8) is 0 Å². The summed E-state index contributed by atoms with van der Waals surface area (Å²) in [5.41, 5.74) is 9.48. The fourth-order valence-electron chi connectivity index (χ4n) is 5.11. The van der Waals surface area contributed by atoms with Gasteiger partial charge in [-0.05, 0) is 46.9 Å². The Morgan fingerprint density at radius 2 is 1.76 bits per heavy atom. The van der Waals surface area contributed by atoms with Gasteiger partial charge in [-0.25, -0.2) is 4.79 Å². The predicted molar refractivity (Wildman–Crippen MR) is 148 cm³/mol. The van der Waals surface area contributed by atoms with Crippen molar-refractivity contribution >= 4 is 33.9 Å². The van der Waals surface area contributed by atoms with Gasteiger partial charge in [0.1, 0.15) is 5.82 Å². The number of anilines is 3. The molecule has 8 nitrogen and oxygen atoms in total. The molecule has 1 aromatic heterocycles. The van der Waals surface area contributed by atoms with Crippen LogP contribution in [0, 0.1) is 5.92 Å². The van der Waals surface area contributed by atoms with E-state index in [0.717, 1.165) is 29.5 Å². The maximum Gasteiger partial charge on any atom is 0.330 e. The number of rotatable bonds is 8. The molecule has 0 fully saturated rings. The standard InChI is InChI=1S/C29H31N5O3/c1-18(2)16-33(26-27(30)34(29(37)32-28(26)36)17-19-7-4-3-5-8-19)24(35)15-31-23-14-13-21-12-11-20-9-6-10-22(23)25(20)21/h3-10,13-14,18,31H,11-12,15-17,30H2,1-2H3,(H,32,36,37). The van der Waals surface area contributed by atoms with Gasteiger partial charge < -0.3 is 16.0 Å². The SMILES string of the molecule is CC(C)CN(C(=O)CNc1ccc2c3c(cccc13)CC2)c1c(N)n(Cc2ccccc2)c(=O)[nH]c1=O. The van der Waals surface area contributed by atoms with Crippen LogP contribution >= 0.6 is 0 Å². The molecule has 4 N–H and O–H groups in total. The molecule has 0 spiro atoms. The van der Waals surface area contributed by atoms with Gasteiger partial charge in [-0.2, -0.15) is 0 Å². The number of carbonyl (C=O) groups excluding carboxylic acids is 1. The van der Waals surface area contributed by atoms with E-state index in [-0.39, 0.29) is 43.0 Å². The van der Waals surface area contributed by atoms with E-state index in [1.807, 2.05) is 56.3 Å². The average molecular weight is 498 g/mol. The van der Waals surface area contributed by atoms with Crippen LogP contribution in [0.1, 0.15) is 30.5 Å². The minimum atomic E-state index is -0.675. The zero-order chi connectivity index (χ0) is 26.1. The fourth-order valence-corrected chi connectivity index (χ4v) is 5.11. The molecule has 0 saturated heterocycles. The van der Waals surface area contributed by atoms with E-state index in [1.54, 1.807) is 0 Å². The van der Waals surface area contributed by atoms with Crippen LogP contribution in [-0.2, 0) is 24.2 Å². The number of nitrogens with zero attached hydrogens (tertiary/aromatic N) is 2. The smallest absolute Gasteiger partial charge is 0.330 e. The van der Waals surface area contributed by atoms with Crippen LogP contribution < -0.4 is 27.2 Å². The quantitative estimate of drug-likeness (QED) is 0.345. The summed E-state index contributed by atoms with van der Waals surface area (Å²) in [4.78, 5) is 42.9. The van der Waals surface area contributed by atoms with Gasteiger partial charge >= 0.3 is 5.69 Å². The van der Waals surface area contributed by atoms with E-state index in [2.05, 4.69) is 28.5 Å². The molecule has 8 heteroatoms. The Balaban J connectivity index is 1.47. The summed E-state index contributed by atoms with van der Waals surface area (Å²) in [6.07, 6.45) is 2.05. The van der Waals surface area contributed by atoms with Crippen molar-refractivity contribution in [2.24, 2.45) is 5.92 Å². The zero-order valence-electron chi connectivity index (χ0n) is 21.1. The van der Waals surface area contributed by atoms with E-state index >= 15 is 0 Å². The maximum atomic E-state index is 13.6. The van der Waals surface area contributed by atoms with Crippen LogP contribution in [0.5, 0.6) is 0 Å². The molecule has 0 atom stereocenters. The predicted octanol–water partition coefficient (Wildman–Crippen LogP) is 3.52. The Bertz CT molecular complexity index is 1580. The van der Waals surface area contributed by atoms with Crippen molar-refractivity contribution in [3.8, 4) is 0 Å². The highest BCUT2D eigenvalue weighted by Crippen LogP contribution is 2.35. The number of aromatic amines is 1. The van der Waals surface area contributed by atoms with Crippen LogP contribution in [0.15, 0.2) is 70.3 Å². The lowest BCUT2D eigenvalue weighted by molar-refractivity contribution is -0.117. The second-order valence-corrected chi connectivity index (χ2v) is 9.93. The number of nitrogens with one attached hydrogen (secondary N) is 2. The second kappa shape index (κ2) is 9.97. The summed E-state index contributed by atoms with van der Waals surface area (Å²) in [5.74, 6) is -0.273. The number of amides is 1. The summed E-state index contributed by atoms with van der Waals surface area (Å²) >= 11 is 0. The van der Waals surface area contributed by atoms with E-state index in [1.165, 1.54) is 26.0 Å². The largest absolute Gasteiger partial charge is 0.383 e. The molecule has 0 saturated carbocycles. The van der Waals surface area contributed by atoms with Gasteiger partial charge in [-0.3, -0.25) is 19.1 Å². The zero-order valence-corrected chi connectivity index (χ0v) is 21.1. The Morgan fingerprint density at radius 1 is 1.03 bits per heavy atom. The molecule has 3 aromatic carbocycles. The summed E-state index contributed by atoms with van der Waals surface area (Å²) in [6, 6.07) is 19.7. The van der Waals surface area contributed by atoms with Crippen molar-refractivity contribution in [2.75, 3.05) is 29.0 Å². The van der Waals surface area contributed by atoms with Crippen LogP contribution in [0.25, 0.3) is 10.8 Å². The number of nitrogens with two attached hydrogens (primary N) is 1. The fraction of sp³-hybridized carbons (Fsp3) is 0.276. The Morgan fingerprint density at radius 3 is 2.49 bits per heavy atom. The van der Waals surface area contributed by atoms with E-state index in [0.29, 0.717) is 0 Å². The number of nitrogen functional groups attached to an aromatic ring is 1. The Kier molecular flexibility index (Phi) is 6.56. The van der Waals surface area contributed by atoms with Gasteiger partial charge in [0.2, 0.25) is 5.91 Å². The number of benzene rings is 3. The summed E-state index contributed by atoms with van der Waals surface area (Å²) in [6.45, 7) is 4.35. The molecule has 0 aliphatic heterocycles. The van der Waals surface area contributed by atoms with E-state index < -0.39 is 11.2 Å². The lowest BCUT2D eigenvalue weighted by Crippen LogP contribution is -2.44. The van der Waals surface area contributed by atoms with Crippen molar-refractivity contribution in [2.45, 2.75) is 33.2 Å². The monoisotopic (exact) mass is 497 g/mol. The molecule has 190 valence electrons. The highest BCUT2D eigenvalue weighted by Gasteiger charge is 2.25. The van der Waals surface area contributed by atoms with Crippen LogP contribution in [0.2, 0.25) is 0 Å². The average Bonchev–Trinajstić information content (AvgIpc) is 3.30. The molecule has 1 aliphatic rings. The minimum Gasteiger partial charge on any atom is -0.383 e. The van der Waals surface area contributed by atoms with Crippen LogP contribution in [0.4, 0.5) is 17.2 Å². The first-order chi connectivity index (χ1) is 17.8. The van der Waals surface area contributed by atoms with Gasteiger partial charge in [-0.15, -0.1) is 0 Å². The molecule has 0 unspecified atom stereocenters. The van der Waals surface area contributed by atoms with Gasteiger partial charge in [0.15, 0.2) is 5.69 Å². The Hall–Kier alpha value is -4.33. The van der Waals surface area contributed by atoms with E-state index in [4.69, 9.17) is 5.73 Å². The highest BCUT2D eigenvalue weighted by molar-refractivity contribution is 6.02. The molecule has 1 heterocycles. The topological polar surface area (TPSA) is 113 Å². The van der Waals surface area contributed by atoms with Crippen LogP contribution in [0.3, 0.4) is 0 Å². The highest BCUT2D eigenvalue weighted by atomic mass is 16.2. The van der Waals surface area contributed by atoms with E-state index in [9.17, 15) is 14.4 Å². The van der Waals surface area contributed by atoms with Crippen molar-refractivity contribution in [1.82, 2.24) is 9.55 Å². The van der Waals surface area contributed by atoms with Gasteiger partial charge in [0, 0.05) is 17.6 Å². The molecule has 1 aliphatic carbocycles. The summed E-state index contributed by atoms with van der Waals surface area (Å²) in [5, 5.41) is 5.63. The third kappa shape index (κ3) is 4.74. The molecule has 4 aromatic rings. The summed E-state index contributed by atoms with van der Waals surface area (Å²) in [7, 11) is 0. The molecule has 0 bridgehead atoms. The first-order valence-electron chi connectivity index (χ1n) is 12.6. The lowest BCUT2D eigenvalue weighted by atomic mass is 10.0. The molecular formula is C29H31N5O3. The number of aryl methyl sites for hydroxylation is 2. The maximum absolute atomic E-state index is 13.6. The molecule has 0 radical (unpaired) electrons. The van der Waals surface area contributed by atoms with Crippen molar-refractivity contribution in [1.29, 1.82) is 0 Å². The summed E-state index contributed by atoms with van der Waals surface area (Å²) < 4.78 is 1.29. The third-order valence-electron chi connectivity index (χ3n) is 6.82. The molecule has 1 amide bonds. The van der Waals surface area contributed by atoms with Gasteiger partial charge in [-0.1, -0.05) is 68.4 Å². The second-order valence-electron chi connectivity index (χ2n) is 9.93. The van der Waals surface area contributed by atoms with Crippen molar-refractivity contribution < 1.29 is 4.79 Å². The van der Waals surface area contributed by atoms with Crippen molar-refractivity contribution in [3.05, 3.63) is 98.2 Å². The van der Waals surface area contributed by atoms with Crippen LogP contribution in [-0.4, -0.2) is 28.5 Å². The first-order valence-corrected chi connectivity index (χ1v) is 12.6. The van der Waals surface area contributed by atoms with Gasteiger partial charge in [0.05, 0.1) is 13.1 Å². The minimum absolute atomic E-state index is 0.00330. The number of aromatic nitrogens is 2. The molecule has 5 rings (SSSR count). The lowest BCUT2D eigenvalue weighted by Gasteiger charge is -2.26. The normalized spacial score (nSPS) is 12.3. The number of carbonyl (C=O) groups is 1. The molecular weight excluding hydrogens is 466 g/mol.